The van der Waals surface area contributed by atoms with E-state index >= 15 is 0 Å². The first kappa shape index (κ1) is 19.4. The monoisotopic (exact) mass is 346 g/mol. The summed E-state index contributed by atoms with van der Waals surface area (Å²) >= 11 is 0. The summed E-state index contributed by atoms with van der Waals surface area (Å²) < 4.78 is 5.14. The van der Waals surface area contributed by atoms with Crippen LogP contribution in [-0.4, -0.2) is 43.0 Å². The van der Waals surface area contributed by atoms with Crippen molar-refractivity contribution in [2.45, 2.75) is 52.2 Å². The van der Waals surface area contributed by atoms with Crippen LogP contribution in [0.3, 0.4) is 0 Å². The van der Waals surface area contributed by atoms with Gasteiger partial charge in [-0.3, -0.25) is 9.59 Å². The van der Waals surface area contributed by atoms with Crippen molar-refractivity contribution in [2.24, 2.45) is 5.92 Å². The number of ether oxygens (including phenoxy) is 1. The van der Waals surface area contributed by atoms with Crippen molar-refractivity contribution < 1.29 is 14.3 Å². The zero-order valence-corrected chi connectivity index (χ0v) is 15.6. The van der Waals surface area contributed by atoms with Crippen LogP contribution in [0.25, 0.3) is 0 Å². The van der Waals surface area contributed by atoms with Crippen LogP contribution in [0, 0.1) is 5.92 Å². The van der Waals surface area contributed by atoms with Gasteiger partial charge >= 0.3 is 0 Å². The van der Waals surface area contributed by atoms with Crippen LogP contribution < -0.4 is 5.32 Å². The number of methoxy groups -OCH3 is 1. The number of likely N-dealkylation sites (tertiary alicyclic amines) is 1. The molecule has 0 aromatic heterocycles. The predicted molar refractivity (Wildman–Crippen MR) is 98.3 cm³/mol. The Morgan fingerprint density at radius 3 is 2.92 bits per heavy atom. The van der Waals surface area contributed by atoms with Gasteiger partial charge in [-0.1, -0.05) is 25.5 Å². The number of carbonyl (C=O) groups excluding carboxylic acids is 2. The Balaban J connectivity index is 1.99. The van der Waals surface area contributed by atoms with E-state index < -0.39 is 0 Å². The molecule has 1 aromatic rings. The standard InChI is InChI=1S/C20H30N2O3/c1-4-7-15(2)21-19(23)18-10-6-11-22(13-18)20(24)17-9-5-8-16(12-17)14-25-3/h5,8-9,12,15,18H,4,6-7,10-11,13-14H2,1-3H3,(H,21,23)/t15-,18+/m0/s1. The average molecular weight is 346 g/mol. The number of nitrogens with zero attached hydrogens (tertiary/aromatic N) is 1. The molecule has 0 saturated carbocycles. The van der Waals surface area contributed by atoms with Crippen LogP contribution in [0.2, 0.25) is 0 Å². The number of carbonyl (C=O) groups is 2. The summed E-state index contributed by atoms with van der Waals surface area (Å²) in [5, 5.41) is 3.08. The van der Waals surface area contributed by atoms with E-state index in [0.717, 1.165) is 31.2 Å². The summed E-state index contributed by atoms with van der Waals surface area (Å²) in [6.45, 7) is 5.84. The molecular weight excluding hydrogens is 316 g/mol. The van der Waals surface area contributed by atoms with Crippen molar-refractivity contribution in [3.05, 3.63) is 35.4 Å². The molecule has 1 aliphatic heterocycles. The summed E-state index contributed by atoms with van der Waals surface area (Å²) in [6, 6.07) is 7.71. The molecule has 0 aliphatic carbocycles. The summed E-state index contributed by atoms with van der Waals surface area (Å²) in [5.74, 6) is -0.0391. The van der Waals surface area contributed by atoms with E-state index in [-0.39, 0.29) is 23.8 Å². The zero-order valence-electron chi connectivity index (χ0n) is 15.6. The summed E-state index contributed by atoms with van der Waals surface area (Å²) in [5.41, 5.74) is 1.64. The maximum Gasteiger partial charge on any atom is 0.253 e. The highest BCUT2D eigenvalue weighted by Crippen LogP contribution is 2.20. The van der Waals surface area contributed by atoms with Crippen molar-refractivity contribution in [3.63, 3.8) is 0 Å². The Kier molecular flexibility index (Phi) is 7.44. The Morgan fingerprint density at radius 1 is 1.40 bits per heavy atom. The molecule has 0 bridgehead atoms. The lowest BCUT2D eigenvalue weighted by molar-refractivity contribution is -0.127. The largest absolute Gasteiger partial charge is 0.380 e. The van der Waals surface area contributed by atoms with Gasteiger partial charge in [0.2, 0.25) is 5.91 Å². The van der Waals surface area contributed by atoms with E-state index in [1.54, 1.807) is 7.11 Å². The Labute approximate surface area is 150 Å². The molecule has 1 N–H and O–H groups in total. The van der Waals surface area contributed by atoms with E-state index in [1.165, 1.54) is 0 Å². The van der Waals surface area contributed by atoms with Crippen LogP contribution in [0.1, 0.15) is 55.5 Å². The molecule has 1 saturated heterocycles. The minimum absolute atomic E-state index is 0.00272. The van der Waals surface area contributed by atoms with Crippen LogP contribution in [0.5, 0.6) is 0 Å². The molecule has 2 rings (SSSR count). The highest BCUT2D eigenvalue weighted by molar-refractivity contribution is 5.95. The summed E-state index contributed by atoms with van der Waals surface area (Å²) in [4.78, 5) is 27.1. The minimum Gasteiger partial charge on any atom is -0.380 e. The van der Waals surface area contributed by atoms with Gasteiger partial charge in [0.1, 0.15) is 0 Å². The lowest BCUT2D eigenvalue weighted by Gasteiger charge is -2.32. The highest BCUT2D eigenvalue weighted by Gasteiger charge is 2.29. The third-order valence-corrected chi connectivity index (χ3v) is 4.67. The third-order valence-electron chi connectivity index (χ3n) is 4.67. The number of rotatable bonds is 7. The predicted octanol–water partition coefficient (Wildman–Crippen LogP) is 2.99. The molecule has 0 unspecified atom stereocenters. The fraction of sp³-hybridized carbons (Fsp3) is 0.600. The lowest BCUT2D eigenvalue weighted by Crippen LogP contribution is -2.47. The maximum absolute atomic E-state index is 12.8. The molecule has 5 heteroatoms. The van der Waals surface area contributed by atoms with Gasteiger partial charge in [0.05, 0.1) is 12.5 Å². The van der Waals surface area contributed by atoms with Gasteiger partial charge < -0.3 is 15.0 Å². The van der Waals surface area contributed by atoms with Crippen LogP contribution in [-0.2, 0) is 16.1 Å². The molecule has 1 heterocycles. The van der Waals surface area contributed by atoms with Crippen molar-refractivity contribution in [2.75, 3.05) is 20.2 Å². The topological polar surface area (TPSA) is 58.6 Å². The fourth-order valence-corrected chi connectivity index (χ4v) is 3.38. The molecule has 138 valence electrons. The molecule has 0 radical (unpaired) electrons. The van der Waals surface area contributed by atoms with Gasteiger partial charge in [0.15, 0.2) is 0 Å². The number of benzene rings is 1. The molecule has 1 aromatic carbocycles. The minimum atomic E-state index is -0.112. The molecule has 0 spiro atoms. The SMILES string of the molecule is CCC[C@H](C)NC(=O)[C@@H]1CCCN(C(=O)c2cccc(COC)c2)C1. The van der Waals surface area contributed by atoms with E-state index in [0.29, 0.717) is 25.3 Å². The number of amides is 2. The third kappa shape index (κ3) is 5.56. The van der Waals surface area contributed by atoms with Gasteiger partial charge in [-0.15, -0.1) is 0 Å². The van der Waals surface area contributed by atoms with Crippen molar-refractivity contribution in [1.29, 1.82) is 0 Å². The van der Waals surface area contributed by atoms with Gasteiger partial charge in [-0.2, -0.15) is 0 Å². The van der Waals surface area contributed by atoms with Gasteiger partial charge in [-0.05, 0) is 43.9 Å². The zero-order chi connectivity index (χ0) is 18.2. The molecular formula is C20H30N2O3. The molecule has 1 fully saturated rings. The maximum atomic E-state index is 12.8. The number of hydrogen-bond donors (Lipinski definition) is 1. The van der Waals surface area contributed by atoms with Crippen LogP contribution in [0.4, 0.5) is 0 Å². The molecule has 2 atom stereocenters. The number of nitrogens with one attached hydrogen (secondary N) is 1. The first-order valence-electron chi connectivity index (χ1n) is 9.22. The lowest BCUT2D eigenvalue weighted by atomic mass is 9.95. The van der Waals surface area contributed by atoms with E-state index in [1.807, 2.05) is 36.1 Å². The molecule has 25 heavy (non-hydrogen) atoms. The van der Waals surface area contributed by atoms with Crippen LogP contribution in [0.15, 0.2) is 24.3 Å². The second kappa shape index (κ2) is 9.56. The first-order valence-corrected chi connectivity index (χ1v) is 9.22. The van der Waals surface area contributed by atoms with E-state index in [9.17, 15) is 9.59 Å². The first-order chi connectivity index (χ1) is 12.0. The van der Waals surface area contributed by atoms with E-state index in [4.69, 9.17) is 4.74 Å². The summed E-state index contributed by atoms with van der Waals surface area (Å²) in [7, 11) is 1.64. The average Bonchev–Trinajstić information content (AvgIpc) is 2.62. The second-order valence-electron chi connectivity index (χ2n) is 6.92. The van der Waals surface area contributed by atoms with Crippen molar-refractivity contribution in [3.8, 4) is 0 Å². The van der Waals surface area contributed by atoms with Crippen molar-refractivity contribution >= 4 is 11.8 Å². The quantitative estimate of drug-likeness (QED) is 0.826. The Morgan fingerprint density at radius 2 is 2.20 bits per heavy atom. The second-order valence-corrected chi connectivity index (χ2v) is 6.92. The van der Waals surface area contributed by atoms with Crippen molar-refractivity contribution in [1.82, 2.24) is 10.2 Å². The number of piperidine rings is 1. The fourth-order valence-electron chi connectivity index (χ4n) is 3.38. The Bertz CT molecular complexity index is 588. The molecule has 1 aliphatic rings. The van der Waals surface area contributed by atoms with Crippen LogP contribution >= 0.6 is 0 Å². The van der Waals surface area contributed by atoms with Gasteiger partial charge in [-0.25, -0.2) is 0 Å². The summed E-state index contributed by atoms with van der Waals surface area (Å²) in [6.07, 6.45) is 3.74. The highest BCUT2D eigenvalue weighted by atomic mass is 16.5. The van der Waals surface area contributed by atoms with E-state index in [2.05, 4.69) is 12.2 Å². The number of hydrogen-bond acceptors (Lipinski definition) is 3. The molecule has 2 amide bonds. The smallest absolute Gasteiger partial charge is 0.253 e. The molecule has 5 nitrogen and oxygen atoms in total. The van der Waals surface area contributed by atoms with Gasteiger partial charge in [0.25, 0.3) is 5.91 Å². The normalized spacial score (nSPS) is 18.7. The Hall–Kier alpha value is -1.88. The van der Waals surface area contributed by atoms with Gasteiger partial charge in [0, 0.05) is 31.8 Å².